The normalized spacial score (nSPS) is 32.2. The Morgan fingerprint density at radius 3 is 2.40 bits per heavy atom. The third-order valence-corrected chi connectivity index (χ3v) is 3.16. The molecule has 0 amide bonds. The average Bonchev–Trinajstić information content (AvgIpc) is 2.25. The lowest BCUT2D eigenvalue weighted by Gasteiger charge is -2.36. The van der Waals surface area contributed by atoms with Gasteiger partial charge in [0.25, 0.3) is 0 Å². The van der Waals surface area contributed by atoms with Crippen LogP contribution in [0.5, 0.6) is 0 Å². The summed E-state index contributed by atoms with van der Waals surface area (Å²) < 4.78 is 11.9. The molecule has 2 heteroatoms. The Kier molecular flexibility index (Phi) is 5.62. The number of hydrogen-bond donors (Lipinski definition) is 0. The van der Waals surface area contributed by atoms with E-state index in [1.807, 2.05) is 0 Å². The summed E-state index contributed by atoms with van der Waals surface area (Å²) in [5.74, 6) is 0.758. The lowest BCUT2D eigenvalue weighted by atomic mass is 9.99. The first kappa shape index (κ1) is 13.0. The molecular weight excluding hydrogens is 188 g/mol. The molecule has 0 aromatic rings. The standard InChI is InChI=1S/C13H26O2/c1-5-11-9-14-12(6-2)13(15-11)8-7-10(3)4/h10-13H,5-9H2,1-4H3. The van der Waals surface area contributed by atoms with E-state index in [9.17, 15) is 0 Å². The molecule has 0 spiro atoms. The van der Waals surface area contributed by atoms with Gasteiger partial charge in [0.1, 0.15) is 0 Å². The first-order valence-corrected chi connectivity index (χ1v) is 6.44. The fraction of sp³-hybridized carbons (Fsp3) is 1.00. The van der Waals surface area contributed by atoms with Crippen molar-refractivity contribution in [2.45, 2.75) is 71.7 Å². The quantitative estimate of drug-likeness (QED) is 0.698. The van der Waals surface area contributed by atoms with E-state index < -0.39 is 0 Å². The molecule has 90 valence electrons. The molecule has 0 aromatic heterocycles. The molecule has 0 aliphatic carbocycles. The second-order valence-corrected chi connectivity index (χ2v) is 4.96. The van der Waals surface area contributed by atoms with Crippen molar-refractivity contribution < 1.29 is 9.47 Å². The van der Waals surface area contributed by atoms with Gasteiger partial charge >= 0.3 is 0 Å². The Bertz CT molecular complexity index is 168. The number of ether oxygens (including phenoxy) is 2. The minimum Gasteiger partial charge on any atom is -0.373 e. The molecule has 1 heterocycles. The molecule has 1 saturated heterocycles. The Balaban J connectivity index is 2.40. The van der Waals surface area contributed by atoms with Crippen molar-refractivity contribution in [2.24, 2.45) is 5.92 Å². The van der Waals surface area contributed by atoms with E-state index in [0.29, 0.717) is 18.3 Å². The summed E-state index contributed by atoms with van der Waals surface area (Å²) >= 11 is 0. The predicted octanol–water partition coefficient (Wildman–Crippen LogP) is 3.40. The lowest BCUT2D eigenvalue weighted by molar-refractivity contribution is -0.183. The van der Waals surface area contributed by atoms with Crippen molar-refractivity contribution in [3.63, 3.8) is 0 Å². The highest BCUT2D eigenvalue weighted by atomic mass is 16.6. The number of rotatable bonds is 5. The topological polar surface area (TPSA) is 18.5 Å². The molecule has 1 rings (SSSR count). The molecule has 0 radical (unpaired) electrons. The van der Waals surface area contributed by atoms with Crippen molar-refractivity contribution in [3.8, 4) is 0 Å². The first-order chi connectivity index (χ1) is 7.17. The minimum atomic E-state index is 0.324. The molecule has 3 unspecified atom stereocenters. The molecule has 1 fully saturated rings. The monoisotopic (exact) mass is 214 g/mol. The summed E-state index contributed by atoms with van der Waals surface area (Å²) in [5, 5.41) is 0. The van der Waals surface area contributed by atoms with Gasteiger partial charge in [0.2, 0.25) is 0 Å². The molecule has 0 saturated carbocycles. The summed E-state index contributed by atoms with van der Waals surface area (Å²) in [4.78, 5) is 0. The van der Waals surface area contributed by atoms with Crippen LogP contribution < -0.4 is 0 Å². The van der Waals surface area contributed by atoms with Crippen molar-refractivity contribution in [1.82, 2.24) is 0 Å². The van der Waals surface area contributed by atoms with Crippen molar-refractivity contribution in [2.75, 3.05) is 6.61 Å². The van der Waals surface area contributed by atoms with E-state index in [0.717, 1.165) is 31.8 Å². The summed E-state index contributed by atoms with van der Waals surface area (Å²) in [6.45, 7) is 9.67. The van der Waals surface area contributed by atoms with Gasteiger partial charge in [0, 0.05) is 0 Å². The third-order valence-electron chi connectivity index (χ3n) is 3.16. The second kappa shape index (κ2) is 6.49. The van der Waals surface area contributed by atoms with E-state index in [1.54, 1.807) is 0 Å². The molecular formula is C13H26O2. The third kappa shape index (κ3) is 4.12. The summed E-state index contributed by atoms with van der Waals surface area (Å²) in [7, 11) is 0. The molecule has 3 atom stereocenters. The zero-order valence-corrected chi connectivity index (χ0v) is 10.7. The van der Waals surface area contributed by atoms with Crippen LogP contribution in [0.4, 0.5) is 0 Å². The van der Waals surface area contributed by atoms with Gasteiger partial charge in [-0.15, -0.1) is 0 Å². The van der Waals surface area contributed by atoms with Gasteiger partial charge in [-0.3, -0.25) is 0 Å². The van der Waals surface area contributed by atoms with Gasteiger partial charge in [-0.1, -0.05) is 27.7 Å². The van der Waals surface area contributed by atoms with E-state index in [1.165, 1.54) is 6.42 Å². The van der Waals surface area contributed by atoms with Crippen LogP contribution in [-0.4, -0.2) is 24.9 Å². The lowest BCUT2D eigenvalue weighted by Crippen LogP contribution is -2.43. The Morgan fingerprint density at radius 1 is 1.13 bits per heavy atom. The van der Waals surface area contributed by atoms with Crippen molar-refractivity contribution >= 4 is 0 Å². The van der Waals surface area contributed by atoms with Crippen LogP contribution in [0.3, 0.4) is 0 Å². The molecule has 0 N–H and O–H groups in total. The fourth-order valence-electron chi connectivity index (χ4n) is 2.06. The maximum atomic E-state index is 6.06. The maximum Gasteiger partial charge on any atom is 0.0841 e. The van der Waals surface area contributed by atoms with Gasteiger partial charge in [-0.2, -0.15) is 0 Å². The van der Waals surface area contributed by atoms with E-state index in [2.05, 4.69) is 27.7 Å². The largest absolute Gasteiger partial charge is 0.373 e. The summed E-state index contributed by atoms with van der Waals surface area (Å²) in [5.41, 5.74) is 0. The Labute approximate surface area is 94.3 Å². The van der Waals surface area contributed by atoms with Gasteiger partial charge in [-0.25, -0.2) is 0 Å². The van der Waals surface area contributed by atoms with E-state index >= 15 is 0 Å². The molecule has 15 heavy (non-hydrogen) atoms. The van der Waals surface area contributed by atoms with Gasteiger partial charge in [0.15, 0.2) is 0 Å². The summed E-state index contributed by atoms with van der Waals surface area (Å²) in [6, 6.07) is 0. The van der Waals surface area contributed by atoms with Gasteiger partial charge < -0.3 is 9.47 Å². The van der Waals surface area contributed by atoms with Crippen LogP contribution >= 0.6 is 0 Å². The Morgan fingerprint density at radius 2 is 1.87 bits per heavy atom. The smallest absolute Gasteiger partial charge is 0.0841 e. The van der Waals surface area contributed by atoms with Crippen LogP contribution in [-0.2, 0) is 9.47 Å². The number of hydrogen-bond acceptors (Lipinski definition) is 2. The Hall–Kier alpha value is -0.0800. The molecule has 0 bridgehead atoms. The summed E-state index contributed by atoms with van der Waals surface area (Å²) in [6.07, 6.45) is 5.49. The molecule has 0 aromatic carbocycles. The fourth-order valence-corrected chi connectivity index (χ4v) is 2.06. The van der Waals surface area contributed by atoms with Crippen LogP contribution in [0.1, 0.15) is 53.4 Å². The highest BCUT2D eigenvalue weighted by molar-refractivity contribution is 4.77. The highest BCUT2D eigenvalue weighted by Crippen LogP contribution is 2.23. The minimum absolute atomic E-state index is 0.324. The molecule has 2 nitrogen and oxygen atoms in total. The highest BCUT2D eigenvalue weighted by Gasteiger charge is 2.29. The van der Waals surface area contributed by atoms with Gasteiger partial charge in [0.05, 0.1) is 24.9 Å². The molecule has 1 aliphatic rings. The van der Waals surface area contributed by atoms with Crippen molar-refractivity contribution in [1.29, 1.82) is 0 Å². The van der Waals surface area contributed by atoms with Crippen molar-refractivity contribution in [3.05, 3.63) is 0 Å². The second-order valence-electron chi connectivity index (χ2n) is 4.96. The SMILES string of the molecule is CCC1COC(CC)C(CCC(C)C)O1. The zero-order chi connectivity index (χ0) is 11.3. The molecule has 1 aliphatic heterocycles. The average molecular weight is 214 g/mol. The zero-order valence-electron chi connectivity index (χ0n) is 10.7. The maximum absolute atomic E-state index is 6.06. The van der Waals surface area contributed by atoms with Gasteiger partial charge in [-0.05, 0) is 31.6 Å². The van der Waals surface area contributed by atoms with Crippen LogP contribution in [0.25, 0.3) is 0 Å². The van der Waals surface area contributed by atoms with E-state index in [4.69, 9.17) is 9.47 Å². The van der Waals surface area contributed by atoms with Crippen LogP contribution in [0.15, 0.2) is 0 Å². The predicted molar refractivity (Wildman–Crippen MR) is 63.1 cm³/mol. The van der Waals surface area contributed by atoms with Crippen LogP contribution in [0, 0.1) is 5.92 Å². The van der Waals surface area contributed by atoms with Crippen LogP contribution in [0.2, 0.25) is 0 Å². The van der Waals surface area contributed by atoms with E-state index in [-0.39, 0.29) is 0 Å². The first-order valence-electron chi connectivity index (χ1n) is 6.44.